The van der Waals surface area contributed by atoms with Gasteiger partial charge in [-0.05, 0) is 12.5 Å². The van der Waals surface area contributed by atoms with Gasteiger partial charge in [0.25, 0.3) is 0 Å². The summed E-state index contributed by atoms with van der Waals surface area (Å²) in [6.07, 6.45) is -4.68. The van der Waals surface area contributed by atoms with Gasteiger partial charge in [-0.3, -0.25) is 24.8 Å². The van der Waals surface area contributed by atoms with Crippen molar-refractivity contribution < 1.29 is 39.6 Å². The summed E-state index contributed by atoms with van der Waals surface area (Å²) in [4.78, 5) is 37.6. The number of aliphatic hydroxyl groups is 2. The molecule has 7 N–H and O–H groups in total. The van der Waals surface area contributed by atoms with Gasteiger partial charge < -0.3 is 30.5 Å². The summed E-state index contributed by atoms with van der Waals surface area (Å²) >= 11 is 0. The van der Waals surface area contributed by atoms with E-state index in [9.17, 15) is 24.6 Å². The van der Waals surface area contributed by atoms with Gasteiger partial charge in [0.05, 0.1) is 0 Å². The van der Waals surface area contributed by atoms with Crippen molar-refractivity contribution in [3.05, 3.63) is 22.7 Å². The Kier molecular flexibility index (Phi) is 6.81. The van der Waals surface area contributed by atoms with E-state index >= 15 is 0 Å². The van der Waals surface area contributed by atoms with Gasteiger partial charge >= 0.3 is 17.6 Å². The first-order valence-electron chi connectivity index (χ1n) is 7.89. The Balaban J connectivity index is 1.97. The van der Waals surface area contributed by atoms with Crippen LogP contribution >= 0.6 is 0 Å². The minimum absolute atomic E-state index is 0.120. The van der Waals surface area contributed by atoms with Crippen molar-refractivity contribution in [2.45, 2.75) is 43.4 Å². The van der Waals surface area contributed by atoms with Gasteiger partial charge in [0.15, 0.2) is 12.0 Å². The molecule has 150 valence electrons. The highest BCUT2D eigenvalue weighted by Crippen LogP contribution is 2.28. The molecule has 0 radical (unpaired) electrons. The van der Waals surface area contributed by atoms with Crippen LogP contribution in [0.3, 0.4) is 0 Å². The van der Waals surface area contributed by atoms with Crippen LogP contribution in [0.25, 0.3) is 0 Å². The molecule has 2 heterocycles. The topological polar surface area (TPSA) is 206 Å². The highest BCUT2D eigenvalue weighted by atomic mass is 16.6. The number of esters is 1. The van der Waals surface area contributed by atoms with E-state index in [-0.39, 0.29) is 18.7 Å². The van der Waals surface area contributed by atoms with Gasteiger partial charge in [-0.1, -0.05) is 0 Å². The van der Waals surface area contributed by atoms with Crippen LogP contribution in [-0.4, -0.2) is 73.0 Å². The molecular weight excluding hydrogens is 368 g/mol. The number of nitrogens with zero attached hydrogens (tertiary/aromatic N) is 2. The average molecular weight is 388 g/mol. The van der Waals surface area contributed by atoms with Gasteiger partial charge in [-0.25, -0.2) is 4.79 Å². The molecule has 27 heavy (non-hydrogen) atoms. The third-order valence-electron chi connectivity index (χ3n) is 3.92. The Morgan fingerprint density at radius 3 is 2.70 bits per heavy atom. The number of aromatic nitrogens is 2. The number of carboxylic acids is 1. The van der Waals surface area contributed by atoms with Crippen LogP contribution in [-0.2, 0) is 19.1 Å². The number of anilines is 1. The fourth-order valence-corrected chi connectivity index (χ4v) is 2.43. The van der Waals surface area contributed by atoms with Crippen LogP contribution in [0.4, 0.5) is 5.82 Å². The van der Waals surface area contributed by atoms with Crippen molar-refractivity contribution >= 4 is 17.8 Å². The lowest BCUT2D eigenvalue weighted by Gasteiger charge is -2.17. The van der Waals surface area contributed by atoms with E-state index in [1.54, 1.807) is 5.48 Å². The van der Waals surface area contributed by atoms with E-state index in [0.29, 0.717) is 0 Å². The molecule has 1 fully saturated rings. The predicted molar refractivity (Wildman–Crippen MR) is 85.6 cm³/mol. The number of hydrogen-bond acceptors (Lipinski definition) is 11. The summed E-state index contributed by atoms with van der Waals surface area (Å²) in [5.41, 5.74) is 6.34. The minimum Gasteiger partial charge on any atom is -0.481 e. The molecule has 0 aromatic carbocycles. The lowest BCUT2D eigenvalue weighted by atomic mass is 10.1. The molecule has 0 saturated carbocycles. The number of hydrogen-bond donors (Lipinski definition) is 6. The molecule has 0 spiro atoms. The Morgan fingerprint density at radius 1 is 1.41 bits per heavy atom. The number of nitrogens with two attached hydrogens (primary N) is 1. The van der Waals surface area contributed by atoms with E-state index in [1.807, 2.05) is 0 Å². The smallest absolute Gasteiger partial charge is 0.351 e. The third-order valence-corrected chi connectivity index (χ3v) is 3.92. The summed E-state index contributed by atoms with van der Waals surface area (Å²) in [6, 6.07) is 0.0734. The number of nitrogens with one attached hydrogen (secondary N) is 1. The maximum Gasteiger partial charge on any atom is 0.351 e. The quantitative estimate of drug-likeness (QED) is 0.200. The Labute approximate surface area is 151 Å². The van der Waals surface area contributed by atoms with Crippen molar-refractivity contribution in [2.24, 2.45) is 5.73 Å². The van der Waals surface area contributed by atoms with Crippen LogP contribution in [0.1, 0.15) is 19.1 Å². The first-order chi connectivity index (χ1) is 12.7. The number of carbonyl (C=O) groups is 2. The van der Waals surface area contributed by atoms with Gasteiger partial charge in [0.2, 0.25) is 0 Å². The number of rotatable bonds is 8. The van der Waals surface area contributed by atoms with Crippen molar-refractivity contribution in [1.29, 1.82) is 0 Å². The van der Waals surface area contributed by atoms with Crippen molar-refractivity contribution in [3.63, 3.8) is 0 Å². The zero-order valence-corrected chi connectivity index (χ0v) is 14.0. The summed E-state index contributed by atoms with van der Waals surface area (Å²) in [6.45, 7) is -0.465. The van der Waals surface area contributed by atoms with E-state index in [2.05, 4.69) is 4.98 Å². The maximum atomic E-state index is 11.9. The monoisotopic (exact) mass is 388 g/mol. The summed E-state index contributed by atoms with van der Waals surface area (Å²) < 4.78 is 11.2. The van der Waals surface area contributed by atoms with E-state index < -0.39 is 54.8 Å². The standard InChI is InChI=1S/C14H20N4O9/c15-6(1-2-9(19)20)13(23)26-5-7-10(21)11(22)12(27-7)18-4-3-8(17-25)16-14(18)24/h3-4,6-7,10-12,21-22,25H,1-2,5,15H2,(H,19,20)(H,16,17,24)/t6?,7-,10-,11-,12-/m1/s1. The van der Waals surface area contributed by atoms with Gasteiger partial charge in [-0.2, -0.15) is 4.98 Å². The molecule has 1 aliphatic rings. The predicted octanol–water partition coefficient (Wildman–Crippen LogP) is -2.60. The van der Waals surface area contributed by atoms with E-state index in [4.69, 9.17) is 25.5 Å². The number of ether oxygens (including phenoxy) is 2. The second kappa shape index (κ2) is 8.88. The molecule has 1 aromatic heterocycles. The molecule has 0 amide bonds. The molecule has 5 atom stereocenters. The molecule has 0 bridgehead atoms. The molecule has 0 aliphatic carbocycles. The molecule has 13 heteroatoms. The summed E-state index contributed by atoms with van der Waals surface area (Å²) in [5.74, 6) is -2.12. The van der Waals surface area contributed by atoms with E-state index in [1.165, 1.54) is 12.3 Å². The largest absolute Gasteiger partial charge is 0.481 e. The molecule has 2 rings (SSSR count). The summed E-state index contributed by atoms with van der Waals surface area (Å²) in [5, 5.41) is 37.4. The first-order valence-corrected chi connectivity index (χ1v) is 7.89. The Hall–Kier alpha value is -2.58. The average Bonchev–Trinajstić information content (AvgIpc) is 2.92. The van der Waals surface area contributed by atoms with Crippen molar-refractivity contribution in [1.82, 2.24) is 9.55 Å². The lowest BCUT2D eigenvalue weighted by Crippen LogP contribution is -2.38. The van der Waals surface area contributed by atoms with Crippen LogP contribution < -0.4 is 16.9 Å². The van der Waals surface area contributed by atoms with Crippen LogP contribution in [0.15, 0.2) is 17.1 Å². The fraction of sp³-hybridized carbons (Fsp3) is 0.571. The molecule has 1 unspecified atom stereocenters. The second-order valence-corrected chi connectivity index (χ2v) is 5.83. The molecule has 1 saturated heterocycles. The van der Waals surface area contributed by atoms with Gasteiger partial charge in [0, 0.05) is 12.6 Å². The lowest BCUT2D eigenvalue weighted by molar-refractivity contribution is -0.152. The van der Waals surface area contributed by atoms with Crippen LogP contribution in [0, 0.1) is 0 Å². The highest BCUT2D eigenvalue weighted by molar-refractivity contribution is 5.76. The SMILES string of the molecule is NC(CCC(=O)O)C(=O)OC[C@H]1O[C@@H](n2ccc(NO)nc2=O)[C@H](O)[C@@H]1O. The van der Waals surface area contributed by atoms with Crippen LogP contribution in [0.5, 0.6) is 0 Å². The number of carbonyl (C=O) groups excluding carboxylic acids is 1. The maximum absolute atomic E-state index is 11.9. The summed E-state index contributed by atoms with van der Waals surface area (Å²) in [7, 11) is 0. The fourth-order valence-electron chi connectivity index (χ4n) is 2.43. The third kappa shape index (κ3) is 4.99. The van der Waals surface area contributed by atoms with E-state index in [0.717, 1.165) is 4.57 Å². The Bertz CT molecular complexity index is 740. The van der Waals surface area contributed by atoms with Crippen molar-refractivity contribution in [2.75, 3.05) is 12.1 Å². The molecule has 13 nitrogen and oxygen atoms in total. The highest BCUT2D eigenvalue weighted by Gasteiger charge is 2.44. The van der Waals surface area contributed by atoms with Gasteiger partial charge in [0.1, 0.15) is 31.0 Å². The molecule has 1 aliphatic heterocycles. The normalized spacial score (nSPS) is 25.8. The van der Waals surface area contributed by atoms with Crippen molar-refractivity contribution in [3.8, 4) is 0 Å². The first kappa shape index (κ1) is 20.7. The van der Waals surface area contributed by atoms with Crippen LogP contribution in [0.2, 0.25) is 0 Å². The number of carboxylic acid groups (broad SMARTS) is 1. The molecular formula is C14H20N4O9. The number of aliphatic carboxylic acids is 1. The zero-order chi connectivity index (χ0) is 20.1. The second-order valence-electron chi connectivity index (χ2n) is 5.83. The Morgan fingerprint density at radius 2 is 2.11 bits per heavy atom. The molecule has 1 aromatic rings. The number of aliphatic hydroxyl groups excluding tert-OH is 2. The minimum atomic E-state index is -1.51. The van der Waals surface area contributed by atoms with Gasteiger partial charge in [-0.15, -0.1) is 0 Å². The zero-order valence-electron chi connectivity index (χ0n) is 14.0.